The molecule has 0 saturated carbocycles. The van der Waals surface area contributed by atoms with Gasteiger partial charge in [0.2, 0.25) is 0 Å². The van der Waals surface area contributed by atoms with Crippen molar-refractivity contribution in [2.75, 3.05) is 13.2 Å². The lowest BCUT2D eigenvalue weighted by Gasteiger charge is -2.27. The monoisotopic (exact) mass is 401 g/mol. The molecule has 0 heterocycles. The summed E-state index contributed by atoms with van der Waals surface area (Å²) < 4.78 is 24.4. The fourth-order valence-corrected chi connectivity index (χ4v) is 4.62. The molecule has 2 rings (SSSR count). The zero-order valence-corrected chi connectivity index (χ0v) is 16.7. The van der Waals surface area contributed by atoms with Crippen LogP contribution in [0.5, 0.6) is 0 Å². The molecule has 0 spiro atoms. The predicted molar refractivity (Wildman–Crippen MR) is 103 cm³/mol. The molecular weight excluding hydrogens is 380 g/mol. The van der Waals surface area contributed by atoms with Gasteiger partial charge in [0.25, 0.3) is 0 Å². The third-order valence-electron chi connectivity index (χ3n) is 3.53. The summed E-state index contributed by atoms with van der Waals surface area (Å²) in [5.74, 6) is -0.597. The Morgan fingerprint density at radius 3 is 1.88 bits per heavy atom. The van der Waals surface area contributed by atoms with Gasteiger partial charge in [-0.2, -0.15) is 0 Å². The maximum absolute atomic E-state index is 13.3. The maximum Gasteiger partial charge on any atom is 0.351 e. The third kappa shape index (κ3) is 5.82. The zero-order chi connectivity index (χ0) is 18.3. The summed E-state index contributed by atoms with van der Waals surface area (Å²) in [6.07, 6.45) is 0. The number of nitrogens with one attached hydrogen (secondary N) is 1. The van der Waals surface area contributed by atoms with Crippen LogP contribution in [0.4, 0.5) is 0 Å². The summed E-state index contributed by atoms with van der Waals surface area (Å²) in [7, 11) is -3.39. The molecule has 0 fully saturated rings. The lowest BCUT2D eigenvalue weighted by molar-refractivity contribution is 0.207. The molecule has 4 nitrogen and oxygen atoms in total. The van der Waals surface area contributed by atoms with E-state index in [4.69, 9.17) is 32.2 Å². The summed E-state index contributed by atoms with van der Waals surface area (Å²) >= 11 is 11.9. The Morgan fingerprint density at radius 1 is 0.920 bits per heavy atom. The van der Waals surface area contributed by atoms with Crippen molar-refractivity contribution in [3.05, 3.63) is 69.7 Å². The summed E-state index contributed by atoms with van der Waals surface area (Å²) in [4.78, 5) is 0. The molecule has 1 atom stereocenters. The first kappa shape index (κ1) is 20.4. The Balaban J connectivity index is 2.28. The quantitative estimate of drug-likeness (QED) is 0.519. The number of hydrogen-bond acceptors (Lipinski definition) is 4. The van der Waals surface area contributed by atoms with E-state index in [0.717, 1.165) is 11.1 Å². The van der Waals surface area contributed by atoms with Crippen molar-refractivity contribution in [2.24, 2.45) is 0 Å². The number of halogens is 2. The van der Waals surface area contributed by atoms with Gasteiger partial charge in [-0.05, 0) is 49.2 Å². The van der Waals surface area contributed by atoms with Gasteiger partial charge in [-0.25, -0.2) is 0 Å². The van der Waals surface area contributed by atoms with Gasteiger partial charge in [0, 0.05) is 16.6 Å². The maximum atomic E-state index is 13.3. The first-order valence-corrected chi connectivity index (χ1v) is 10.5. The number of benzene rings is 2. The van der Waals surface area contributed by atoms with Crippen molar-refractivity contribution >= 4 is 30.8 Å². The summed E-state index contributed by atoms with van der Waals surface area (Å²) in [5.41, 5.74) is 1.81. The Bertz CT molecular complexity index is 697. The third-order valence-corrected chi connectivity index (χ3v) is 6.39. The average Bonchev–Trinajstić information content (AvgIpc) is 2.58. The summed E-state index contributed by atoms with van der Waals surface area (Å²) in [6, 6.07) is 14.6. The van der Waals surface area contributed by atoms with Gasteiger partial charge < -0.3 is 9.05 Å². The van der Waals surface area contributed by atoms with E-state index in [-0.39, 0.29) is 0 Å². The highest BCUT2D eigenvalue weighted by Gasteiger charge is 2.36. The molecule has 0 radical (unpaired) electrons. The molecule has 2 aromatic carbocycles. The number of hydrogen-bond donors (Lipinski definition) is 1. The Hall–Kier alpha value is -0.870. The van der Waals surface area contributed by atoms with E-state index in [0.29, 0.717) is 29.8 Å². The van der Waals surface area contributed by atoms with Gasteiger partial charge in [-0.15, -0.1) is 0 Å². The second-order valence-electron chi connectivity index (χ2n) is 5.34. The fraction of sp³-hybridized carbons (Fsp3) is 0.333. The van der Waals surface area contributed by atoms with Crippen LogP contribution in [-0.2, 0) is 20.2 Å². The van der Waals surface area contributed by atoms with E-state index in [1.165, 1.54) is 0 Å². The van der Waals surface area contributed by atoms with Crippen LogP contribution in [0.15, 0.2) is 48.5 Å². The van der Waals surface area contributed by atoms with Gasteiger partial charge in [-0.3, -0.25) is 9.88 Å². The van der Waals surface area contributed by atoms with E-state index >= 15 is 0 Å². The molecule has 136 valence electrons. The topological polar surface area (TPSA) is 47.6 Å². The predicted octanol–water partition coefficient (Wildman–Crippen LogP) is 6.05. The molecule has 0 aromatic heterocycles. The van der Waals surface area contributed by atoms with E-state index < -0.39 is 13.4 Å². The highest BCUT2D eigenvalue weighted by Crippen LogP contribution is 2.59. The van der Waals surface area contributed by atoms with Crippen molar-refractivity contribution in [3.63, 3.8) is 0 Å². The van der Waals surface area contributed by atoms with Crippen LogP contribution in [-0.4, -0.2) is 13.2 Å². The smallest absolute Gasteiger partial charge is 0.308 e. The van der Waals surface area contributed by atoms with Gasteiger partial charge >= 0.3 is 7.60 Å². The van der Waals surface area contributed by atoms with Crippen molar-refractivity contribution in [2.45, 2.75) is 26.2 Å². The second kappa shape index (κ2) is 9.72. The normalized spacial score (nSPS) is 13.0. The molecular formula is C18H22Cl2NO3P. The van der Waals surface area contributed by atoms with Crippen molar-refractivity contribution in [3.8, 4) is 0 Å². The molecule has 0 saturated heterocycles. The molecule has 0 amide bonds. The van der Waals surface area contributed by atoms with E-state index in [2.05, 4.69) is 5.32 Å². The average molecular weight is 402 g/mol. The van der Waals surface area contributed by atoms with Crippen LogP contribution in [0.2, 0.25) is 10.0 Å². The van der Waals surface area contributed by atoms with Gasteiger partial charge in [0.15, 0.2) is 0 Å². The van der Waals surface area contributed by atoms with Gasteiger partial charge in [0.1, 0.15) is 5.78 Å². The Labute approximate surface area is 159 Å². The molecule has 7 heteroatoms. The molecule has 2 aromatic rings. The fourth-order valence-electron chi connectivity index (χ4n) is 2.42. The van der Waals surface area contributed by atoms with E-state index in [1.807, 2.05) is 36.4 Å². The first-order valence-electron chi connectivity index (χ1n) is 8.10. The lowest BCUT2D eigenvalue weighted by atomic mass is 10.2. The van der Waals surface area contributed by atoms with Crippen molar-refractivity contribution < 1.29 is 13.6 Å². The first-order chi connectivity index (χ1) is 12.0. The Kier molecular flexibility index (Phi) is 7.95. The van der Waals surface area contributed by atoms with Gasteiger partial charge in [-0.1, -0.05) is 47.5 Å². The largest absolute Gasteiger partial charge is 0.351 e. The van der Waals surface area contributed by atoms with E-state index in [9.17, 15) is 4.57 Å². The second-order valence-corrected chi connectivity index (χ2v) is 8.32. The van der Waals surface area contributed by atoms with Gasteiger partial charge in [0.05, 0.1) is 13.2 Å². The summed E-state index contributed by atoms with van der Waals surface area (Å²) in [6.45, 7) is 4.68. The molecule has 0 bridgehead atoms. The zero-order valence-electron chi connectivity index (χ0n) is 14.2. The Morgan fingerprint density at radius 2 is 1.40 bits per heavy atom. The minimum absolute atomic E-state index is 0.296. The SMILES string of the molecule is CCOP(=O)(OCC)C(NCc1ccc(Cl)cc1)c1ccc(Cl)cc1. The van der Waals surface area contributed by atoms with Crippen LogP contribution in [0.3, 0.4) is 0 Å². The van der Waals surface area contributed by atoms with Crippen molar-refractivity contribution in [1.29, 1.82) is 0 Å². The molecule has 25 heavy (non-hydrogen) atoms. The summed E-state index contributed by atoms with van der Waals surface area (Å²) in [5, 5.41) is 4.59. The molecule has 0 aliphatic rings. The minimum Gasteiger partial charge on any atom is -0.308 e. The van der Waals surface area contributed by atoms with Crippen LogP contribution >= 0.6 is 30.8 Å². The van der Waals surface area contributed by atoms with E-state index in [1.54, 1.807) is 26.0 Å². The lowest BCUT2D eigenvalue weighted by Crippen LogP contribution is -2.23. The molecule has 0 aliphatic heterocycles. The molecule has 1 N–H and O–H groups in total. The molecule has 1 unspecified atom stereocenters. The highest BCUT2D eigenvalue weighted by atomic mass is 35.5. The van der Waals surface area contributed by atoms with Crippen LogP contribution in [0, 0.1) is 0 Å². The van der Waals surface area contributed by atoms with Crippen LogP contribution in [0.25, 0.3) is 0 Å². The number of rotatable bonds is 9. The van der Waals surface area contributed by atoms with Crippen molar-refractivity contribution in [1.82, 2.24) is 5.32 Å². The highest BCUT2D eigenvalue weighted by molar-refractivity contribution is 7.54. The molecule has 0 aliphatic carbocycles. The van der Waals surface area contributed by atoms with Crippen LogP contribution in [0.1, 0.15) is 30.8 Å². The standard InChI is InChI=1S/C18H22Cl2NO3P/c1-3-23-25(22,24-4-2)18(15-7-11-17(20)12-8-15)21-13-14-5-9-16(19)10-6-14/h5-12,18,21H,3-4,13H2,1-2H3. The minimum atomic E-state index is -3.39. The van der Waals surface area contributed by atoms with Crippen LogP contribution < -0.4 is 5.32 Å².